The van der Waals surface area contributed by atoms with Gasteiger partial charge in [-0.05, 0) is 35.9 Å². The first-order valence-electron chi connectivity index (χ1n) is 10.1. The summed E-state index contributed by atoms with van der Waals surface area (Å²) in [4.78, 5) is 29.5. The van der Waals surface area contributed by atoms with Crippen LogP contribution in [0.2, 0.25) is 5.02 Å². The van der Waals surface area contributed by atoms with E-state index >= 15 is 0 Å². The lowest BCUT2D eigenvalue weighted by molar-refractivity contribution is -0.120. The first-order chi connectivity index (χ1) is 16.5. The van der Waals surface area contributed by atoms with Crippen molar-refractivity contribution >= 4 is 51.6 Å². The summed E-state index contributed by atoms with van der Waals surface area (Å²) in [6, 6.07) is 12.0. The lowest BCUT2D eigenvalue weighted by Gasteiger charge is -2.12. The Morgan fingerprint density at radius 1 is 1.21 bits per heavy atom. The minimum Gasteiger partial charge on any atom is -0.493 e. The molecule has 34 heavy (non-hydrogen) atoms. The number of rotatable bonds is 9. The van der Waals surface area contributed by atoms with Crippen molar-refractivity contribution in [3.8, 4) is 11.5 Å². The third-order valence-corrected chi connectivity index (χ3v) is 5.68. The molecule has 2 heterocycles. The van der Waals surface area contributed by atoms with Crippen LogP contribution in [0, 0.1) is 0 Å². The Kier molecular flexibility index (Phi) is 7.41. The van der Waals surface area contributed by atoms with Crippen LogP contribution < -0.4 is 20.2 Å². The van der Waals surface area contributed by atoms with Crippen LogP contribution in [0.1, 0.15) is 11.3 Å². The van der Waals surface area contributed by atoms with Gasteiger partial charge in [-0.15, -0.1) is 11.3 Å². The fourth-order valence-corrected chi connectivity index (χ4v) is 3.92. The van der Waals surface area contributed by atoms with Crippen molar-refractivity contribution < 1.29 is 19.1 Å². The average Bonchev–Trinajstić information content (AvgIpc) is 3.41. The molecular formula is C23H20ClN5O4S. The van der Waals surface area contributed by atoms with E-state index in [4.69, 9.17) is 21.1 Å². The number of hydrogen-bond donors (Lipinski definition) is 2. The highest BCUT2D eigenvalue weighted by Gasteiger charge is 2.11. The van der Waals surface area contributed by atoms with Crippen LogP contribution in [-0.4, -0.2) is 41.1 Å². The molecule has 0 atom stereocenters. The minimum atomic E-state index is -0.360. The molecule has 2 N–H and O–H groups in total. The van der Waals surface area contributed by atoms with Gasteiger partial charge in [-0.2, -0.15) is 5.10 Å². The second-order valence-electron chi connectivity index (χ2n) is 7.02. The number of methoxy groups -OCH3 is 1. The van der Waals surface area contributed by atoms with Crippen molar-refractivity contribution in [3.05, 3.63) is 76.5 Å². The van der Waals surface area contributed by atoms with Gasteiger partial charge < -0.3 is 14.8 Å². The van der Waals surface area contributed by atoms with Gasteiger partial charge in [0.15, 0.2) is 23.1 Å². The topological polar surface area (TPSA) is 106 Å². The van der Waals surface area contributed by atoms with Crippen LogP contribution in [0.25, 0.3) is 4.96 Å². The van der Waals surface area contributed by atoms with Crippen LogP contribution >= 0.6 is 22.9 Å². The fraction of sp³-hybridized carbons (Fsp3) is 0.130. The molecule has 2 amide bonds. The third-order valence-electron chi connectivity index (χ3n) is 4.58. The summed E-state index contributed by atoms with van der Waals surface area (Å²) < 4.78 is 12.8. The second-order valence-corrected chi connectivity index (χ2v) is 8.30. The minimum absolute atomic E-state index is 0.123. The number of amides is 2. The van der Waals surface area contributed by atoms with Crippen LogP contribution in [-0.2, 0) is 16.0 Å². The molecule has 0 bridgehead atoms. The van der Waals surface area contributed by atoms with Gasteiger partial charge in [0.05, 0.1) is 36.1 Å². The SMILES string of the molecule is COc1cc(/C=N/NC(=O)Cc2cn3ccsc3n2)ccc1OCC(=O)Nc1ccccc1Cl. The third kappa shape index (κ3) is 5.91. The molecule has 0 aliphatic heterocycles. The molecule has 4 rings (SSSR count). The zero-order valence-corrected chi connectivity index (χ0v) is 19.6. The molecule has 0 spiro atoms. The van der Waals surface area contributed by atoms with Crippen LogP contribution in [0.5, 0.6) is 11.5 Å². The van der Waals surface area contributed by atoms with Crippen molar-refractivity contribution in [2.45, 2.75) is 6.42 Å². The molecular weight excluding hydrogens is 478 g/mol. The number of carbonyl (C=O) groups is 2. The van der Waals surface area contributed by atoms with E-state index in [1.165, 1.54) is 24.7 Å². The molecule has 11 heteroatoms. The summed E-state index contributed by atoms with van der Waals surface area (Å²) in [5, 5.41) is 9.04. The van der Waals surface area contributed by atoms with Gasteiger partial charge in [0.25, 0.3) is 5.91 Å². The summed E-state index contributed by atoms with van der Waals surface area (Å²) in [5.74, 6) is 0.163. The van der Waals surface area contributed by atoms with E-state index in [0.29, 0.717) is 33.5 Å². The number of hydrogen-bond acceptors (Lipinski definition) is 7. The first-order valence-corrected chi connectivity index (χ1v) is 11.4. The summed E-state index contributed by atoms with van der Waals surface area (Å²) in [5.41, 5.74) is 4.33. The van der Waals surface area contributed by atoms with Crippen molar-refractivity contribution in [1.82, 2.24) is 14.8 Å². The lowest BCUT2D eigenvalue weighted by atomic mass is 10.2. The number of hydrazone groups is 1. The van der Waals surface area contributed by atoms with Crippen molar-refractivity contribution in [2.75, 3.05) is 19.0 Å². The maximum Gasteiger partial charge on any atom is 0.262 e. The first kappa shape index (κ1) is 23.3. The quantitative estimate of drug-likeness (QED) is 0.270. The number of fused-ring (bicyclic) bond motifs is 1. The number of imidazole rings is 1. The fourth-order valence-electron chi connectivity index (χ4n) is 3.02. The number of para-hydroxylation sites is 1. The van der Waals surface area contributed by atoms with Crippen LogP contribution in [0.4, 0.5) is 5.69 Å². The van der Waals surface area contributed by atoms with Gasteiger partial charge in [0, 0.05) is 17.8 Å². The van der Waals surface area contributed by atoms with Crippen molar-refractivity contribution in [1.29, 1.82) is 0 Å². The summed E-state index contributed by atoms with van der Waals surface area (Å²) in [6.07, 6.45) is 5.31. The predicted octanol–water partition coefficient (Wildman–Crippen LogP) is 3.77. The molecule has 0 saturated heterocycles. The highest BCUT2D eigenvalue weighted by Crippen LogP contribution is 2.28. The molecule has 0 aliphatic rings. The summed E-state index contributed by atoms with van der Waals surface area (Å²) >= 11 is 7.55. The molecule has 9 nitrogen and oxygen atoms in total. The van der Waals surface area contributed by atoms with Gasteiger partial charge in [0.2, 0.25) is 5.91 Å². The number of thiazole rings is 1. The zero-order valence-electron chi connectivity index (χ0n) is 18.0. The standard InChI is InChI=1S/C23H20ClN5O4S/c1-32-20-10-15(12-25-28-21(30)11-16-13-29-8-9-34-23(29)26-16)6-7-19(20)33-14-22(31)27-18-5-3-2-4-17(18)24/h2-10,12-13H,11,14H2,1H3,(H,27,31)(H,28,30)/b25-12+. The van der Waals surface area contributed by atoms with Crippen LogP contribution in [0.15, 0.2) is 65.3 Å². The number of ether oxygens (including phenoxy) is 2. The lowest BCUT2D eigenvalue weighted by Crippen LogP contribution is -2.20. The molecule has 0 radical (unpaired) electrons. The number of nitrogens with zero attached hydrogens (tertiary/aromatic N) is 3. The van der Waals surface area contributed by atoms with Gasteiger partial charge in [-0.3, -0.25) is 14.0 Å². The zero-order chi connectivity index (χ0) is 23.9. The maximum atomic E-state index is 12.2. The van der Waals surface area contributed by atoms with E-state index in [0.717, 1.165) is 4.96 Å². The Morgan fingerprint density at radius 2 is 2.06 bits per heavy atom. The Hall–Kier alpha value is -3.89. The van der Waals surface area contributed by atoms with Gasteiger partial charge in [-0.25, -0.2) is 10.4 Å². The van der Waals surface area contributed by atoms with E-state index < -0.39 is 0 Å². The van der Waals surface area contributed by atoms with E-state index in [9.17, 15) is 9.59 Å². The Labute approximate surface area is 204 Å². The number of carbonyl (C=O) groups excluding carboxylic acids is 2. The van der Waals surface area contributed by atoms with Gasteiger partial charge in [0.1, 0.15) is 0 Å². The second kappa shape index (κ2) is 10.8. The molecule has 0 aliphatic carbocycles. The molecule has 0 saturated carbocycles. The smallest absolute Gasteiger partial charge is 0.262 e. The van der Waals surface area contributed by atoms with Crippen LogP contribution in [0.3, 0.4) is 0 Å². The van der Waals surface area contributed by atoms with E-state index in [1.807, 2.05) is 22.2 Å². The average molecular weight is 498 g/mol. The van der Waals surface area contributed by atoms with Crippen molar-refractivity contribution in [2.24, 2.45) is 5.10 Å². The molecule has 2 aromatic heterocycles. The number of anilines is 1. The summed E-state index contributed by atoms with van der Waals surface area (Å²) in [7, 11) is 1.49. The van der Waals surface area contributed by atoms with E-state index in [-0.39, 0.29) is 24.8 Å². The molecule has 4 aromatic rings. The highest BCUT2D eigenvalue weighted by molar-refractivity contribution is 7.15. The normalized spacial score (nSPS) is 11.0. The van der Waals surface area contributed by atoms with Gasteiger partial charge >= 0.3 is 0 Å². The highest BCUT2D eigenvalue weighted by atomic mass is 35.5. The maximum absolute atomic E-state index is 12.2. The number of benzene rings is 2. The molecule has 0 fully saturated rings. The molecule has 0 unspecified atom stereocenters. The largest absolute Gasteiger partial charge is 0.493 e. The van der Waals surface area contributed by atoms with Crippen molar-refractivity contribution in [3.63, 3.8) is 0 Å². The van der Waals surface area contributed by atoms with E-state index in [2.05, 4.69) is 20.8 Å². The van der Waals surface area contributed by atoms with Gasteiger partial charge in [-0.1, -0.05) is 23.7 Å². The monoisotopic (exact) mass is 497 g/mol. The Balaban J connectivity index is 1.29. The Bertz CT molecular complexity index is 1320. The summed E-state index contributed by atoms with van der Waals surface area (Å²) in [6.45, 7) is -0.225. The number of halogens is 1. The predicted molar refractivity (Wildman–Crippen MR) is 131 cm³/mol. The molecule has 174 valence electrons. The van der Waals surface area contributed by atoms with E-state index in [1.54, 1.807) is 42.5 Å². The number of aromatic nitrogens is 2. The Morgan fingerprint density at radius 3 is 2.85 bits per heavy atom. The molecule has 2 aromatic carbocycles. The number of nitrogens with one attached hydrogen (secondary N) is 2.